The van der Waals surface area contributed by atoms with Crippen LogP contribution in [0.2, 0.25) is 0 Å². The number of carbonyl (C=O) groups excluding carboxylic acids is 1. The van der Waals surface area contributed by atoms with Gasteiger partial charge in [0.1, 0.15) is 11.9 Å². The average molecular weight is 327 g/mol. The van der Waals surface area contributed by atoms with Gasteiger partial charge >= 0.3 is 0 Å². The predicted molar refractivity (Wildman–Crippen MR) is 88.0 cm³/mol. The highest BCUT2D eigenvalue weighted by Gasteiger charge is 2.29. The lowest BCUT2D eigenvalue weighted by molar-refractivity contribution is -0.384. The second-order valence-electron chi connectivity index (χ2n) is 5.49. The van der Waals surface area contributed by atoms with Crippen LogP contribution in [0.15, 0.2) is 47.5 Å². The Labute approximate surface area is 137 Å². The second kappa shape index (κ2) is 5.84. The highest BCUT2D eigenvalue weighted by Crippen LogP contribution is 2.31. The van der Waals surface area contributed by atoms with Crippen molar-refractivity contribution in [2.45, 2.75) is 13.0 Å². The summed E-state index contributed by atoms with van der Waals surface area (Å²) in [6.45, 7) is 1.61. The van der Waals surface area contributed by atoms with Gasteiger partial charge in [-0.1, -0.05) is 12.1 Å². The molecule has 0 fully saturated rings. The van der Waals surface area contributed by atoms with Gasteiger partial charge < -0.3 is 4.90 Å². The van der Waals surface area contributed by atoms with Crippen LogP contribution < -0.4 is 4.90 Å². The molecule has 0 bridgehead atoms. The number of hydrogen-bond acceptors (Lipinski definition) is 4. The molecule has 0 aromatic heterocycles. The van der Waals surface area contributed by atoms with E-state index in [4.69, 9.17) is 0 Å². The first kappa shape index (κ1) is 15.8. The largest absolute Gasteiger partial charge is 0.313 e. The van der Waals surface area contributed by atoms with Gasteiger partial charge in [-0.3, -0.25) is 19.9 Å². The molecule has 3 rings (SSSR count). The Hall–Kier alpha value is -3.09. The Morgan fingerprint density at radius 1 is 1.21 bits per heavy atom. The molecule has 2 aromatic carbocycles. The van der Waals surface area contributed by atoms with Crippen LogP contribution in [0.3, 0.4) is 0 Å². The number of nitrogens with zero attached hydrogens (tertiary/aromatic N) is 3. The first-order valence-electron chi connectivity index (χ1n) is 7.29. The van der Waals surface area contributed by atoms with Crippen LogP contribution in [0.25, 0.3) is 0 Å². The summed E-state index contributed by atoms with van der Waals surface area (Å²) in [6, 6.07) is 9.43. The van der Waals surface area contributed by atoms with Crippen molar-refractivity contribution in [1.82, 2.24) is 0 Å². The van der Waals surface area contributed by atoms with Crippen molar-refractivity contribution in [2.75, 3.05) is 11.9 Å². The Morgan fingerprint density at radius 3 is 2.58 bits per heavy atom. The molecule has 7 heteroatoms. The molecule has 0 N–H and O–H groups in total. The van der Waals surface area contributed by atoms with E-state index < -0.39 is 16.8 Å². The van der Waals surface area contributed by atoms with Gasteiger partial charge in [0.25, 0.3) is 11.6 Å². The molecular formula is C17H14FN3O3. The number of likely N-dealkylation sites (N-methyl/N-ethyl adjacent to an activating group) is 1. The van der Waals surface area contributed by atoms with Crippen molar-refractivity contribution in [3.8, 4) is 0 Å². The van der Waals surface area contributed by atoms with Crippen molar-refractivity contribution in [1.29, 1.82) is 0 Å². The fourth-order valence-electron chi connectivity index (χ4n) is 2.71. The minimum atomic E-state index is -0.726. The zero-order valence-corrected chi connectivity index (χ0v) is 13.1. The van der Waals surface area contributed by atoms with Crippen molar-refractivity contribution in [3.63, 3.8) is 0 Å². The molecule has 0 aliphatic carbocycles. The summed E-state index contributed by atoms with van der Waals surface area (Å²) in [5, 5.41) is 11.1. The van der Waals surface area contributed by atoms with Gasteiger partial charge in [0.2, 0.25) is 0 Å². The first-order valence-corrected chi connectivity index (χ1v) is 7.29. The van der Waals surface area contributed by atoms with E-state index in [1.54, 1.807) is 32.2 Å². The van der Waals surface area contributed by atoms with Crippen LogP contribution in [-0.4, -0.2) is 29.6 Å². The van der Waals surface area contributed by atoms with Gasteiger partial charge in [0, 0.05) is 30.3 Å². The number of non-ortho nitro benzene ring substituents is 1. The SMILES string of the molecule is C[C@@H]1N=C(c2ccccc2F)c2cc([N+](=O)[O-])ccc2N(C)C1=O. The Bertz CT molecular complexity index is 879. The molecule has 0 spiro atoms. The topological polar surface area (TPSA) is 75.8 Å². The number of halogens is 1. The predicted octanol–water partition coefficient (Wildman–Crippen LogP) is 2.94. The molecule has 1 aliphatic rings. The van der Waals surface area contributed by atoms with Crippen LogP contribution >= 0.6 is 0 Å². The minimum absolute atomic E-state index is 0.145. The van der Waals surface area contributed by atoms with Crippen LogP contribution in [0.4, 0.5) is 15.8 Å². The molecule has 0 saturated carbocycles. The van der Waals surface area contributed by atoms with E-state index in [0.29, 0.717) is 11.3 Å². The third kappa shape index (κ3) is 2.54. The number of benzene rings is 2. The van der Waals surface area contributed by atoms with Crippen LogP contribution in [0.5, 0.6) is 0 Å². The van der Waals surface area contributed by atoms with Crippen LogP contribution in [-0.2, 0) is 4.79 Å². The molecule has 0 radical (unpaired) electrons. The standard InChI is InChI=1S/C17H14FN3O3/c1-10-17(22)20(2)15-8-7-11(21(23)24)9-13(15)16(19-10)12-5-3-4-6-14(12)18/h3-10H,1-2H3/t10-/m0/s1. The van der Waals surface area contributed by atoms with Crippen molar-refractivity contribution >= 4 is 23.0 Å². The van der Waals surface area contributed by atoms with Crippen molar-refractivity contribution in [3.05, 3.63) is 69.5 Å². The number of aliphatic imine (C=N–C) groups is 1. The van der Waals surface area contributed by atoms with Crippen molar-refractivity contribution < 1.29 is 14.1 Å². The fourth-order valence-corrected chi connectivity index (χ4v) is 2.71. The smallest absolute Gasteiger partial charge is 0.270 e. The number of carbonyl (C=O) groups is 1. The fraction of sp³-hybridized carbons (Fsp3) is 0.176. The first-order chi connectivity index (χ1) is 11.4. The molecular weight excluding hydrogens is 313 g/mol. The summed E-state index contributed by atoms with van der Waals surface area (Å²) in [4.78, 5) is 28.7. The van der Waals surface area contributed by atoms with E-state index in [9.17, 15) is 19.3 Å². The van der Waals surface area contributed by atoms with Gasteiger partial charge in [-0.25, -0.2) is 4.39 Å². The number of rotatable bonds is 2. The maximum Gasteiger partial charge on any atom is 0.270 e. The summed E-state index contributed by atoms with van der Waals surface area (Å²) in [6.07, 6.45) is 0. The number of nitro groups is 1. The van der Waals surface area contributed by atoms with Gasteiger partial charge in [-0.2, -0.15) is 0 Å². The lowest BCUT2D eigenvalue weighted by Crippen LogP contribution is -2.32. The summed E-state index contributed by atoms with van der Waals surface area (Å²) in [5.74, 6) is -0.769. The summed E-state index contributed by atoms with van der Waals surface area (Å²) < 4.78 is 14.3. The van der Waals surface area contributed by atoms with E-state index in [2.05, 4.69) is 4.99 Å². The van der Waals surface area contributed by atoms with E-state index >= 15 is 0 Å². The molecule has 1 aliphatic heterocycles. The van der Waals surface area contributed by atoms with Gasteiger partial charge in [0.15, 0.2) is 0 Å². The highest BCUT2D eigenvalue weighted by atomic mass is 19.1. The third-order valence-corrected chi connectivity index (χ3v) is 3.95. The molecule has 0 unspecified atom stereocenters. The second-order valence-corrected chi connectivity index (χ2v) is 5.49. The quantitative estimate of drug-likeness (QED) is 0.628. The van der Waals surface area contributed by atoms with Gasteiger partial charge in [-0.05, 0) is 25.1 Å². The number of nitro benzene ring substituents is 1. The highest BCUT2D eigenvalue weighted by molar-refractivity contribution is 6.20. The summed E-state index contributed by atoms with van der Waals surface area (Å²) in [5.41, 5.74) is 1.10. The Morgan fingerprint density at radius 2 is 1.92 bits per heavy atom. The van der Waals surface area contributed by atoms with E-state index in [1.165, 1.54) is 29.2 Å². The number of hydrogen-bond donors (Lipinski definition) is 0. The molecule has 6 nitrogen and oxygen atoms in total. The number of fused-ring (bicyclic) bond motifs is 1. The van der Waals surface area contributed by atoms with Gasteiger partial charge in [0.05, 0.1) is 16.3 Å². The third-order valence-electron chi connectivity index (χ3n) is 3.95. The Balaban J connectivity index is 2.32. The molecule has 24 heavy (non-hydrogen) atoms. The molecule has 1 atom stereocenters. The lowest BCUT2D eigenvalue weighted by Gasteiger charge is -2.19. The average Bonchev–Trinajstić information content (AvgIpc) is 2.66. The number of anilines is 1. The monoisotopic (exact) mass is 327 g/mol. The molecule has 0 saturated heterocycles. The van der Waals surface area contributed by atoms with E-state index in [1.807, 2.05) is 0 Å². The van der Waals surface area contributed by atoms with E-state index in [-0.39, 0.29) is 22.9 Å². The Kier molecular flexibility index (Phi) is 3.84. The summed E-state index contributed by atoms with van der Waals surface area (Å²) >= 11 is 0. The van der Waals surface area contributed by atoms with Crippen molar-refractivity contribution in [2.24, 2.45) is 4.99 Å². The van der Waals surface area contributed by atoms with Crippen LogP contribution in [0, 0.1) is 15.9 Å². The molecule has 122 valence electrons. The number of amides is 1. The zero-order chi connectivity index (χ0) is 17.4. The zero-order valence-electron chi connectivity index (χ0n) is 13.1. The normalized spacial score (nSPS) is 17.1. The molecule has 1 heterocycles. The number of benzodiazepines with no additional fused rings is 1. The minimum Gasteiger partial charge on any atom is -0.313 e. The van der Waals surface area contributed by atoms with Crippen LogP contribution in [0.1, 0.15) is 18.1 Å². The lowest BCUT2D eigenvalue weighted by atomic mass is 9.99. The van der Waals surface area contributed by atoms with Gasteiger partial charge in [-0.15, -0.1) is 0 Å². The maximum absolute atomic E-state index is 14.3. The van der Waals surface area contributed by atoms with E-state index in [0.717, 1.165) is 0 Å². The summed E-state index contributed by atoms with van der Waals surface area (Å²) in [7, 11) is 1.57. The maximum atomic E-state index is 14.3. The molecule has 2 aromatic rings. The molecule has 1 amide bonds.